The average molecular weight is 729 g/mol. The number of likely N-dealkylation sites (N-methyl/N-ethyl adjacent to an activating group) is 1. The second-order valence-electron chi connectivity index (χ2n) is 13.6. The number of nitrogens with zero attached hydrogens (tertiary/aromatic N) is 6. The van der Waals surface area contributed by atoms with Gasteiger partial charge in [0.1, 0.15) is 11.4 Å². The summed E-state index contributed by atoms with van der Waals surface area (Å²) in [4.78, 5) is 44.7. The number of piperazine rings is 1. The fourth-order valence-corrected chi connectivity index (χ4v) is 8.74. The van der Waals surface area contributed by atoms with Gasteiger partial charge in [-0.3, -0.25) is 14.5 Å². The number of amides is 2. The van der Waals surface area contributed by atoms with Crippen LogP contribution in [-0.2, 0) is 11.2 Å². The number of rotatable bonds is 8. The van der Waals surface area contributed by atoms with Crippen molar-refractivity contribution in [2.75, 3.05) is 61.5 Å². The van der Waals surface area contributed by atoms with Crippen LogP contribution in [0.1, 0.15) is 68.3 Å². The molecule has 2 amide bonds. The predicted molar refractivity (Wildman–Crippen MR) is 184 cm³/mol. The van der Waals surface area contributed by atoms with E-state index < -0.39 is 0 Å². The molecule has 2 N–H and O–H groups in total. The van der Waals surface area contributed by atoms with Crippen molar-refractivity contribution in [3.8, 4) is 5.75 Å². The minimum absolute atomic E-state index is 0.00620. The van der Waals surface area contributed by atoms with Crippen molar-refractivity contribution in [1.29, 1.82) is 0 Å². The van der Waals surface area contributed by atoms with Crippen molar-refractivity contribution in [3.63, 3.8) is 0 Å². The molecule has 1 atom stereocenters. The number of anilines is 4. The summed E-state index contributed by atoms with van der Waals surface area (Å²) in [5.41, 5.74) is 3.03. The fraction of sp³-hybridized carbons (Fsp3) is 0.636. The third-order valence-electron chi connectivity index (χ3n) is 10.2. The molecule has 2 saturated carbocycles. The minimum Gasteiger partial charge on any atom is -0.491 e. The number of alkyl halides is 1. The fourth-order valence-electron chi connectivity index (χ4n) is 7.42. The molecule has 5 aliphatic rings. The first-order chi connectivity index (χ1) is 21.8. The molecule has 242 valence electrons. The molecule has 45 heavy (non-hydrogen) atoms. The Morgan fingerprint density at radius 3 is 2.56 bits per heavy atom. The van der Waals surface area contributed by atoms with E-state index in [2.05, 4.69) is 61.9 Å². The van der Waals surface area contributed by atoms with Gasteiger partial charge in [-0.1, -0.05) is 0 Å². The summed E-state index contributed by atoms with van der Waals surface area (Å²) < 4.78 is 5.69. The van der Waals surface area contributed by atoms with Gasteiger partial charge >= 0.3 is 0 Å². The van der Waals surface area contributed by atoms with Gasteiger partial charge in [0.25, 0.3) is 11.8 Å². The topological polar surface area (TPSA) is 106 Å². The zero-order valence-corrected chi connectivity index (χ0v) is 28.8. The zero-order chi connectivity index (χ0) is 31.2. The van der Waals surface area contributed by atoms with Gasteiger partial charge < -0.3 is 30.1 Å². The maximum atomic E-state index is 13.5. The molecule has 2 aliphatic carbocycles. The van der Waals surface area contributed by atoms with Crippen LogP contribution in [0.3, 0.4) is 0 Å². The Morgan fingerprint density at radius 2 is 1.84 bits per heavy atom. The molecule has 1 aromatic carbocycles. The third-order valence-corrected chi connectivity index (χ3v) is 11.3. The molecule has 2 aromatic rings. The SMILES string of the molecule is CC(C)N1c2nc(Nc3ccc(C(=O)N[C@H]4CC[C@H](N5CCN(CC6CC6)CC5)CC4)c4c3OCC4)ncc2N(C)C(=O)[C@@H]1I. The lowest BCUT2D eigenvalue weighted by Gasteiger charge is -2.42. The average Bonchev–Trinajstić information content (AvgIpc) is 3.71. The Bertz CT molecular complexity index is 1440. The van der Waals surface area contributed by atoms with Crippen molar-refractivity contribution in [3.05, 3.63) is 29.5 Å². The van der Waals surface area contributed by atoms with Crippen LogP contribution in [0.4, 0.5) is 23.1 Å². The number of carbonyl (C=O) groups excluding carboxylic acids is 2. The Morgan fingerprint density at radius 1 is 1.09 bits per heavy atom. The lowest BCUT2D eigenvalue weighted by atomic mass is 9.89. The molecule has 12 heteroatoms. The van der Waals surface area contributed by atoms with Crippen LogP contribution in [0.2, 0.25) is 0 Å². The lowest BCUT2D eigenvalue weighted by molar-refractivity contribution is -0.117. The molecule has 7 rings (SSSR count). The standard InChI is InChI=1S/C33H45IN8O3/c1-20(2)42-29(34)32(44)39(3)27-18-35-33(38-30(27)42)37-26-11-10-25(24-12-17-45-28(24)26)31(43)36-22-6-8-23(9-7-22)41-15-13-40(14-16-41)19-21-4-5-21/h10-11,18,20-23,29H,4-9,12-17,19H2,1-3H3,(H,36,43)(H,35,37,38)/t22-,23-,29-/m1/s1. The number of nitrogens with one attached hydrogen (secondary N) is 2. The van der Waals surface area contributed by atoms with Gasteiger partial charge in [0.05, 0.1) is 18.5 Å². The maximum absolute atomic E-state index is 13.5. The first-order valence-corrected chi connectivity index (χ1v) is 17.9. The number of fused-ring (bicyclic) bond motifs is 2. The number of ether oxygens (including phenoxy) is 1. The molecule has 1 saturated heterocycles. The molecule has 0 bridgehead atoms. The zero-order valence-electron chi connectivity index (χ0n) is 26.6. The highest BCUT2D eigenvalue weighted by Crippen LogP contribution is 2.40. The Labute approximate surface area is 279 Å². The highest BCUT2D eigenvalue weighted by Gasteiger charge is 2.38. The summed E-state index contributed by atoms with van der Waals surface area (Å²) in [5.74, 6) is 2.78. The summed E-state index contributed by atoms with van der Waals surface area (Å²) >= 11 is 2.17. The van der Waals surface area contributed by atoms with Gasteiger partial charge in [-0.05, 0) is 93.0 Å². The molecule has 0 radical (unpaired) electrons. The molecular formula is C33H45IN8O3. The normalized spacial score (nSPS) is 25.6. The first-order valence-electron chi connectivity index (χ1n) is 16.7. The summed E-state index contributed by atoms with van der Waals surface area (Å²) in [5, 5.41) is 6.68. The molecule has 3 aliphatic heterocycles. The Balaban J connectivity index is 0.985. The van der Waals surface area contributed by atoms with Gasteiger partial charge in [-0.15, -0.1) is 0 Å². The smallest absolute Gasteiger partial charge is 0.259 e. The van der Waals surface area contributed by atoms with E-state index in [1.165, 1.54) is 45.6 Å². The summed E-state index contributed by atoms with van der Waals surface area (Å²) in [6, 6.07) is 4.72. The number of hydrogen-bond acceptors (Lipinski definition) is 9. The van der Waals surface area contributed by atoms with Crippen LogP contribution in [0, 0.1) is 5.92 Å². The van der Waals surface area contributed by atoms with Crippen molar-refractivity contribution in [1.82, 2.24) is 25.1 Å². The van der Waals surface area contributed by atoms with Crippen LogP contribution in [0.15, 0.2) is 18.3 Å². The van der Waals surface area contributed by atoms with E-state index in [0.29, 0.717) is 47.8 Å². The van der Waals surface area contributed by atoms with Crippen molar-refractivity contribution in [2.24, 2.45) is 5.92 Å². The molecule has 0 unspecified atom stereocenters. The number of aromatic nitrogens is 2. The van der Waals surface area contributed by atoms with Crippen LogP contribution in [-0.4, -0.2) is 100 Å². The summed E-state index contributed by atoms with van der Waals surface area (Å²) in [6.45, 7) is 10.7. The van der Waals surface area contributed by atoms with E-state index in [9.17, 15) is 9.59 Å². The molecule has 11 nitrogen and oxygen atoms in total. The Hall–Kier alpha value is -2.71. The van der Waals surface area contributed by atoms with Crippen LogP contribution in [0.5, 0.6) is 5.75 Å². The van der Waals surface area contributed by atoms with E-state index in [0.717, 1.165) is 42.9 Å². The van der Waals surface area contributed by atoms with Crippen molar-refractivity contribution >= 4 is 57.5 Å². The Kier molecular flexibility index (Phi) is 8.81. The molecule has 0 spiro atoms. The number of carbonyl (C=O) groups is 2. The van der Waals surface area contributed by atoms with Gasteiger partial charge in [0.2, 0.25) is 5.95 Å². The monoisotopic (exact) mass is 728 g/mol. The highest BCUT2D eigenvalue weighted by molar-refractivity contribution is 14.1. The summed E-state index contributed by atoms with van der Waals surface area (Å²) in [6.07, 6.45) is 9.57. The van der Waals surface area contributed by atoms with Gasteiger partial charge in [0.15, 0.2) is 9.87 Å². The maximum Gasteiger partial charge on any atom is 0.259 e. The number of halogens is 1. The van der Waals surface area contributed by atoms with Gasteiger partial charge in [-0.2, -0.15) is 4.98 Å². The number of benzene rings is 1. The van der Waals surface area contributed by atoms with E-state index in [1.54, 1.807) is 18.1 Å². The molecular weight excluding hydrogens is 683 g/mol. The van der Waals surface area contributed by atoms with Crippen molar-refractivity contribution < 1.29 is 14.3 Å². The molecule has 3 fully saturated rings. The highest BCUT2D eigenvalue weighted by atomic mass is 127. The van der Waals surface area contributed by atoms with Gasteiger partial charge in [-0.25, -0.2) is 4.98 Å². The molecule has 4 heterocycles. The van der Waals surface area contributed by atoms with Crippen LogP contribution < -0.4 is 25.2 Å². The second kappa shape index (κ2) is 12.8. The lowest BCUT2D eigenvalue weighted by Crippen LogP contribution is -2.52. The quantitative estimate of drug-likeness (QED) is 0.236. The van der Waals surface area contributed by atoms with Crippen molar-refractivity contribution in [2.45, 2.75) is 81.0 Å². The third kappa shape index (κ3) is 6.34. The van der Waals surface area contributed by atoms with E-state index >= 15 is 0 Å². The van der Waals surface area contributed by atoms with E-state index in [-0.39, 0.29) is 27.9 Å². The van der Waals surface area contributed by atoms with Crippen LogP contribution in [0.25, 0.3) is 0 Å². The predicted octanol–water partition coefficient (Wildman–Crippen LogP) is 4.18. The first kappa shape index (κ1) is 30.9. The van der Waals surface area contributed by atoms with Gasteiger partial charge in [0, 0.05) is 75.4 Å². The van der Waals surface area contributed by atoms with E-state index in [4.69, 9.17) is 9.72 Å². The largest absolute Gasteiger partial charge is 0.491 e. The van der Waals surface area contributed by atoms with E-state index in [1.807, 2.05) is 17.0 Å². The second-order valence-corrected chi connectivity index (χ2v) is 14.8. The number of hydrogen-bond donors (Lipinski definition) is 2. The van der Waals surface area contributed by atoms with Crippen LogP contribution >= 0.6 is 22.6 Å². The minimum atomic E-state index is -0.351. The molecule has 1 aromatic heterocycles. The summed E-state index contributed by atoms with van der Waals surface area (Å²) in [7, 11) is 1.76.